The first-order chi connectivity index (χ1) is 8.49. The molecular weight excluding hydrogens is 236 g/mol. The van der Waals surface area contributed by atoms with Crippen LogP contribution in [0.2, 0.25) is 0 Å². The van der Waals surface area contributed by atoms with E-state index in [4.69, 9.17) is 30.6 Å². The molecule has 0 aliphatic rings. The Kier molecular flexibility index (Phi) is 24.0. The van der Waals surface area contributed by atoms with Gasteiger partial charge in [-0.15, -0.1) is 0 Å². The molecule has 0 saturated heterocycles. The molecule has 1 aromatic rings. The second-order valence-electron chi connectivity index (χ2n) is 2.89. The van der Waals surface area contributed by atoms with Gasteiger partial charge >= 0.3 is 0 Å². The summed E-state index contributed by atoms with van der Waals surface area (Å²) in [6.45, 7) is 3.47. The lowest BCUT2D eigenvalue weighted by Gasteiger charge is -1.90. The molecule has 6 heteroatoms. The minimum atomic E-state index is -0.560. The maximum absolute atomic E-state index is 8.35. The minimum Gasteiger partial charge on any atom is -0.394 e. The molecule has 0 fully saturated rings. The van der Waals surface area contributed by atoms with Crippen molar-refractivity contribution in [2.75, 3.05) is 6.61 Å². The molecule has 1 rings (SSSR count). The van der Waals surface area contributed by atoms with Crippen molar-refractivity contribution in [2.24, 2.45) is 0 Å². The maximum Gasteiger partial charge on any atom is 0.231 e. The maximum atomic E-state index is 8.35. The smallest absolute Gasteiger partial charge is 0.231 e. The fourth-order valence-corrected chi connectivity index (χ4v) is 0.534. The number of benzene rings is 1. The average Bonchev–Trinajstić information content (AvgIpc) is 2.33. The van der Waals surface area contributed by atoms with Crippen LogP contribution in [0.25, 0.3) is 0 Å². The predicted molar refractivity (Wildman–Crippen MR) is 66.8 cm³/mol. The second-order valence-corrected chi connectivity index (χ2v) is 2.89. The highest BCUT2D eigenvalue weighted by Crippen LogP contribution is 1.92. The molecule has 100 valence electrons. The molecule has 0 saturated carbocycles. The van der Waals surface area contributed by atoms with Crippen molar-refractivity contribution in [1.82, 2.24) is 0 Å². The lowest BCUT2D eigenvalue weighted by molar-refractivity contribution is 0.110. The quantitative estimate of drug-likeness (QED) is 0.443. The number of carbonyl (C=O) groups excluding carboxylic acids is 2. The third-order valence-corrected chi connectivity index (χ3v) is 1.20. The lowest BCUT2D eigenvalue weighted by Crippen LogP contribution is -2.03. The number of hydrogen-bond donors (Lipinski definition) is 4. The van der Waals surface area contributed by atoms with Crippen molar-refractivity contribution >= 4 is 12.2 Å². The van der Waals surface area contributed by atoms with E-state index in [1.807, 2.05) is 18.2 Å². The van der Waals surface area contributed by atoms with Gasteiger partial charge in [-0.1, -0.05) is 35.9 Å². The van der Waals surface area contributed by atoms with Gasteiger partial charge in [-0.05, 0) is 13.8 Å². The van der Waals surface area contributed by atoms with Gasteiger partial charge < -0.3 is 10.2 Å². The monoisotopic (exact) mass is 254 g/mol. The minimum absolute atomic E-state index is 0.139. The number of aryl methyl sites for hydroxylation is 1. The van der Waals surface area contributed by atoms with Crippen molar-refractivity contribution in [2.45, 2.75) is 20.0 Å². The molecule has 6 nitrogen and oxygen atoms in total. The summed E-state index contributed by atoms with van der Waals surface area (Å²) in [6, 6.07) is 10.3. The zero-order chi connectivity index (χ0) is 14.8. The Labute approximate surface area is 106 Å². The number of aliphatic hydroxyl groups excluding tert-OH is 2. The molecular formula is C12H18N2O4. The Morgan fingerprint density at radius 1 is 1.17 bits per heavy atom. The first-order valence-corrected chi connectivity index (χ1v) is 4.88. The molecule has 0 aliphatic carbocycles. The Bertz CT molecular complexity index is 315. The fraction of sp³-hybridized carbons (Fsp3) is 0.333. The highest BCUT2D eigenvalue weighted by atomic mass is 16.3. The zero-order valence-electron chi connectivity index (χ0n) is 10.4. The lowest BCUT2D eigenvalue weighted by atomic mass is 10.2. The van der Waals surface area contributed by atoms with Crippen LogP contribution < -0.4 is 0 Å². The second kappa shape index (κ2) is 20.3. The summed E-state index contributed by atoms with van der Waals surface area (Å²) in [7, 11) is 0. The topological polar surface area (TPSA) is 122 Å². The van der Waals surface area contributed by atoms with E-state index < -0.39 is 6.10 Å². The van der Waals surface area contributed by atoms with Crippen LogP contribution in [-0.4, -0.2) is 35.1 Å². The van der Waals surface area contributed by atoms with E-state index >= 15 is 0 Å². The van der Waals surface area contributed by atoms with Crippen LogP contribution in [0.5, 0.6) is 0 Å². The molecule has 18 heavy (non-hydrogen) atoms. The van der Waals surface area contributed by atoms with Gasteiger partial charge in [0.2, 0.25) is 12.2 Å². The highest BCUT2D eigenvalue weighted by Gasteiger charge is 1.83. The largest absolute Gasteiger partial charge is 0.394 e. The van der Waals surface area contributed by atoms with Gasteiger partial charge in [-0.25, -0.2) is 20.4 Å². The zero-order valence-corrected chi connectivity index (χ0v) is 10.4. The summed E-state index contributed by atoms with van der Waals surface area (Å²) < 4.78 is 0. The Hall–Kier alpha value is -2.10. The van der Waals surface area contributed by atoms with Crippen molar-refractivity contribution in [3.63, 3.8) is 0 Å². The highest BCUT2D eigenvalue weighted by molar-refractivity contribution is 5.26. The van der Waals surface area contributed by atoms with Crippen LogP contribution >= 0.6 is 0 Å². The Balaban J connectivity index is -0.000000182. The number of rotatable bonds is 1. The molecule has 1 unspecified atom stereocenters. The predicted octanol–water partition coefficient (Wildman–Crippen LogP) is 1.16. The van der Waals surface area contributed by atoms with Crippen molar-refractivity contribution < 1.29 is 19.8 Å². The van der Waals surface area contributed by atoms with E-state index in [0.29, 0.717) is 0 Å². The number of hydrogen-bond acceptors (Lipinski definition) is 6. The summed E-state index contributed by atoms with van der Waals surface area (Å²) in [5, 5.41) is 26.8. The van der Waals surface area contributed by atoms with Gasteiger partial charge in [0.05, 0.1) is 12.7 Å². The summed E-state index contributed by atoms with van der Waals surface area (Å²) in [4.78, 5) is 16.7. The molecule has 1 atom stereocenters. The van der Waals surface area contributed by atoms with Crippen molar-refractivity contribution in [3.05, 3.63) is 35.9 Å². The molecule has 4 N–H and O–H groups in total. The van der Waals surface area contributed by atoms with Crippen LogP contribution in [0.4, 0.5) is 0 Å². The van der Waals surface area contributed by atoms with Gasteiger partial charge in [-0.2, -0.15) is 0 Å². The van der Waals surface area contributed by atoms with E-state index in [2.05, 4.69) is 19.1 Å². The van der Waals surface area contributed by atoms with Crippen molar-refractivity contribution in [3.8, 4) is 0 Å². The van der Waals surface area contributed by atoms with Crippen LogP contribution in [0.3, 0.4) is 0 Å². The molecule has 0 heterocycles. The number of isocyanates is 2. The van der Waals surface area contributed by atoms with Crippen LogP contribution in [-0.2, 0) is 9.59 Å². The SMILES string of the molecule is CC(O)CO.Cc1ccccc1.N=C=O.N=C=O. The first kappa shape index (κ1) is 21.2. The average molecular weight is 254 g/mol. The summed E-state index contributed by atoms with van der Waals surface area (Å²) in [6.07, 6.45) is 0.940. The summed E-state index contributed by atoms with van der Waals surface area (Å²) in [5.74, 6) is 0. The van der Waals surface area contributed by atoms with Gasteiger partial charge in [-0.3, -0.25) is 0 Å². The van der Waals surface area contributed by atoms with E-state index in [1.165, 1.54) is 12.5 Å². The molecule has 0 aliphatic heterocycles. The summed E-state index contributed by atoms with van der Waals surface area (Å²) in [5.41, 5.74) is 1.32. The first-order valence-electron chi connectivity index (χ1n) is 4.88. The standard InChI is InChI=1S/C7H8.C3H8O2.2CHNO/c1-7-5-3-2-4-6-7;1-3(5)2-4;2*2-1-3/h2-6H,1H3;3-5H,2H2,1H3;2*2H. The van der Waals surface area contributed by atoms with Crippen LogP contribution in [0, 0.1) is 17.7 Å². The van der Waals surface area contributed by atoms with Crippen LogP contribution in [0.15, 0.2) is 30.3 Å². The molecule has 0 spiro atoms. The molecule has 0 amide bonds. The Morgan fingerprint density at radius 3 is 1.56 bits per heavy atom. The number of aliphatic hydroxyl groups is 2. The van der Waals surface area contributed by atoms with E-state index in [0.717, 1.165) is 12.2 Å². The molecule has 0 aromatic heterocycles. The van der Waals surface area contributed by atoms with Gasteiger partial charge in [0.15, 0.2) is 0 Å². The van der Waals surface area contributed by atoms with Gasteiger partial charge in [0.1, 0.15) is 0 Å². The number of nitrogens with one attached hydrogen (secondary N) is 2. The summed E-state index contributed by atoms with van der Waals surface area (Å²) >= 11 is 0. The molecule has 0 radical (unpaired) electrons. The van der Waals surface area contributed by atoms with Crippen LogP contribution in [0.1, 0.15) is 12.5 Å². The van der Waals surface area contributed by atoms with E-state index in [1.54, 1.807) is 0 Å². The third-order valence-electron chi connectivity index (χ3n) is 1.20. The third kappa shape index (κ3) is 37.1. The van der Waals surface area contributed by atoms with E-state index in [9.17, 15) is 0 Å². The van der Waals surface area contributed by atoms with E-state index in [-0.39, 0.29) is 6.61 Å². The normalized spacial score (nSPS) is 8.44. The molecule has 1 aromatic carbocycles. The van der Waals surface area contributed by atoms with Gasteiger partial charge in [0, 0.05) is 0 Å². The molecule has 0 bridgehead atoms. The van der Waals surface area contributed by atoms with Crippen molar-refractivity contribution in [1.29, 1.82) is 10.8 Å². The van der Waals surface area contributed by atoms with Gasteiger partial charge in [0.25, 0.3) is 0 Å². The Morgan fingerprint density at radius 2 is 1.44 bits per heavy atom. The fourth-order valence-electron chi connectivity index (χ4n) is 0.534.